The van der Waals surface area contributed by atoms with E-state index >= 15 is 0 Å². The van der Waals surface area contributed by atoms with Crippen molar-refractivity contribution >= 4 is 14.4 Å². The van der Waals surface area contributed by atoms with Crippen molar-refractivity contribution in [3.63, 3.8) is 0 Å². The number of hydrogen-bond acceptors (Lipinski definition) is 6. The smallest absolute Gasteiger partial charge is 0.329 e. The summed E-state index contributed by atoms with van der Waals surface area (Å²) in [4.78, 5) is 21.4. The molecule has 2 atom stereocenters. The van der Waals surface area contributed by atoms with Crippen molar-refractivity contribution < 1.29 is 23.5 Å². The van der Waals surface area contributed by atoms with Crippen LogP contribution in [-0.4, -0.2) is 50.7 Å². The molecule has 0 aliphatic heterocycles. The molecule has 198 valence electrons. The van der Waals surface area contributed by atoms with Gasteiger partial charge in [-0.05, 0) is 39.8 Å². The first-order valence-corrected chi connectivity index (χ1v) is 14.7. The van der Waals surface area contributed by atoms with E-state index in [-0.39, 0.29) is 18.3 Å². The maximum Gasteiger partial charge on any atom is 0.329 e. The normalized spacial score (nSPS) is 13.3. The molecule has 0 fully saturated rings. The Kier molecular flexibility index (Phi) is 26.4. The first kappa shape index (κ1) is 32.9. The molecule has 0 aromatic rings. The van der Waals surface area contributed by atoms with Crippen molar-refractivity contribution in [2.75, 3.05) is 40.0 Å². The van der Waals surface area contributed by atoms with Gasteiger partial charge in [-0.25, -0.2) is 0 Å². The van der Waals surface area contributed by atoms with E-state index in [1.54, 1.807) is 6.92 Å². The van der Waals surface area contributed by atoms with Crippen LogP contribution in [0.4, 0.5) is 0 Å². The molecule has 0 amide bonds. The van der Waals surface area contributed by atoms with Gasteiger partial charge < -0.3 is 28.8 Å². The van der Waals surface area contributed by atoms with Crippen LogP contribution in [0.3, 0.4) is 0 Å². The van der Waals surface area contributed by atoms with Crippen LogP contribution >= 0.6 is 8.60 Å². The average molecular weight is 492 g/mol. The number of ether oxygens (including phenoxy) is 1. The maximum atomic E-state index is 11.5. The molecular weight excluding hydrogens is 437 g/mol. The molecule has 0 aromatic carbocycles. The maximum absolute atomic E-state index is 11.5. The van der Waals surface area contributed by atoms with Crippen LogP contribution in [0.15, 0.2) is 0 Å². The van der Waals surface area contributed by atoms with Crippen molar-refractivity contribution in [1.82, 2.24) is 5.32 Å². The fourth-order valence-corrected chi connectivity index (χ4v) is 4.50. The Bertz CT molecular complexity index is 414. The number of carbonyl (C=O) groups is 1. The minimum atomic E-state index is -1.88. The molecule has 0 spiro atoms. The van der Waals surface area contributed by atoms with Crippen LogP contribution in [0.25, 0.3) is 0 Å². The lowest BCUT2D eigenvalue weighted by Gasteiger charge is -2.18. The standard InChI is InChI=1S/C26H54NO5P/c1-4-5-6-7-8-9-10-11-12-13-14-15-17-20-30-23-26(22-25(2)28)24-32-33(29)31-21-18-16-19-27-3/h26-27,29H,4-24H2,1-3H3. The highest BCUT2D eigenvalue weighted by Gasteiger charge is 2.16. The van der Waals surface area contributed by atoms with E-state index < -0.39 is 8.60 Å². The Labute approximate surface area is 205 Å². The van der Waals surface area contributed by atoms with Gasteiger partial charge in [0, 0.05) is 18.9 Å². The third kappa shape index (κ3) is 26.3. The summed E-state index contributed by atoms with van der Waals surface area (Å²) in [5.74, 6) is 0.0814. The lowest BCUT2D eigenvalue weighted by Crippen LogP contribution is -2.19. The molecule has 0 saturated heterocycles. The monoisotopic (exact) mass is 491 g/mol. The predicted molar refractivity (Wildman–Crippen MR) is 140 cm³/mol. The highest BCUT2D eigenvalue weighted by Crippen LogP contribution is 2.33. The highest BCUT2D eigenvalue weighted by molar-refractivity contribution is 7.40. The number of hydrogen-bond donors (Lipinski definition) is 2. The van der Waals surface area contributed by atoms with Crippen molar-refractivity contribution in [3.05, 3.63) is 0 Å². The predicted octanol–water partition coefficient (Wildman–Crippen LogP) is 6.94. The number of nitrogens with one attached hydrogen (secondary N) is 1. The summed E-state index contributed by atoms with van der Waals surface area (Å²) in [7, 11) is 0.0308. The van der Waals surface area contributed by atoms with Gasteiger partial charge in [0.2, 0.25) is 0 Å². The van der Waals surface area contributed by atoms with Gasteiger partial charge >= 0.3 is 8.60 Å². The van der Waals surface area contributed by atoms with Crippen LogP contribution in [-0.2, 0) is 18.6 Å². The van der Waals surface area contributed by atoms with Crippen molar-refractivity contribution in [2.24, 2.45) is 5.92 Å². The molecular formula is C26H54NO5P. The van der Waals surface area contributed by atoms with E-state index in [1.807, 2.05) is 7.05 Å². The Hall–Kier alpha value is -0.100. The molecule has 33 heavy (non-hydrogen) atoms. The Morgan fingerprint density at radius 2 is 1.33 bits per heavy atom. The quantitative estimate of drug-likeness (QED) is 0.0957. The van der Waals surface area contributed by atoms with Gasteiger partial charge in [0.05, 0.1) is 19.8 Å². The topological polar surface area (TPSA) is 77.0 Å². The highest BCUT2D eigenvalue weighted by atomic mass is 31.2. The minimum absolute atomic E-state index is 0.0329. The molecule has 7 heteroatoms. The number of unbranched alkanes of at least 4 members (excludes halogenated alkanes) is 13. The van der Waals surface area contributed by atoms with Gasteiger partial charge in [-0.15, -0.1) is 0 Å². The zero-order valence-corrected chi connectivity index (χ0v) is 22.8. The number of rotatable bonds is 27. The zero-order valence-electron chi connectivity index (χ0n) is 22.0. The van der Waals surface area contributed by atoms with Gasteiger partial charge in [-0.2, -0.15) is 0 Å². The summed E-state index contributed by atoms with van der Waals surface area (Å²) in [5.41, 5.74) is 0. The molecule has 0 aliphatic rings. The van der Waals surface area contributed by atoms with Gasteiger partial charge in [-0.1, -0.05) is 84.0 Å². The molecule has 0 saturated carbocycles. The summed E-state index contributed by atoms with van der Waals surface area (Å²) in [6.07, 6.45) is 19.7. The van der Waals surface area contributed by atoms with E-state index in [4.69, 9.17) is 13.8 Å². The fraction of sp³-hybridized carbons (Fsp3) is 0.962. The first-order chi connectivity index (χ1) is 16.1. The second kappa shape index (κ2) is 26.5. The van der Waals surface area contributed by atoms with E-state index in [0.29, 0.717) is 19.6 Å². The number of ketones is 1. The van der Waals surface area contributed by atoms with Crippen LogP contribution in [0.1, 0.15) is 117 Å². The van der Waals surface area contributed by atoms with Gasteiger partial charge in [0.25, 0.3) is 0 Å². The minimum Gasteiger partial charge on any atom is -0.381 e. The third-order valence-electron chi connectivity index (χ3n) is 5.77. The fourth-order valence-electron chi connectivity index (χ4n) is 3.80. The molecule has 0 bridgehead atoms. The van der Waals surface area contributed by atoms with E-state index in [1.165, 1.54) is 77.0 Å². The molecule has 0 radical (unpaired) electrons. The van der Waals surface area contributed by atoms with Crippen LogP contribution in [0.5, 0.6) is 0 Å². The third-order valence-corrected chi connectivity index (χ3v) is 6.54. The SMILES string of the molecule is CCCCCCCCCCCCCCCOCC(COP(O)OCCCCNC)CC(C)=O. The van der Waals surface area contributed by atoms with Crippen LogP contribution < -0.4 is 5.32 Å². The molecule has 6 nitrogen and oxygen atoms in total. The van der Waals surface area contributed by atoms with Crippen molar-refractivity contribution in [1.29, 1.82) is 0 Å². The Morgan fingerprint density at radius 1 is 0.788 bits per heavy atom. The van der Waals surface area contributed by atoms with Gasteiger partial charge in [0.1, 0.15) is 5.78 Å². The Balaban J connectivity index is 3.61. The van der Waals surface area contributed by atoms with Crippen molar-refractivity contribution in [2.45, 2.75) is 117 Å². The molecule has 2 N–H and O–H groups in total. The largest absolute Gasteiger partial charge is 0.381 e. The number of Topliss-reactive ketones (excluding diaryl/α,β-unsaturated/α-hetero) is 1. The summed E-state index contributed by atoms with van der Waals surface area (Å²) in [6.45, 7) is 6.77. The number of carbonyl (C=O) groups excluding carboxylic acids is 1. The summed E-state index contributed by atoms with van der Waals surface area (Å²) in [6, 6.07) is 0. The van der Waals surface area contributed by atoms with Gasteiger partial charge in [-0.3, -0.25) is 0 Å². The molecule has 0 heterocycles. The summed E-state index contributed by atoms with van der Waals surface area (Å²) < 4.78 is 16.6. The second-order valence-corrected chi connectivity index (χ2v) is 10.3. The lowest BCUT2D eigenvalue weighted by molar-refractivity contribution is -0.118. The molecule has 0 rings (SSSR count). The van der Waals surface area contributed by atoms with Crippen LogP contribution in [0.2, 0.25) is 0 Å². The zero-order chi connectivity index (χ0) is 24.4. The average Bonchev–Trinajstić information content (AvgIpc) is 2.79. The first-order valence-electron chi connectivity index (χ1n) is 13.6. The Morgan fingerprint density at radius 3 is 1.88 bits per heavy atom. The van der Waals surface area contributed by atoms with Gasteiger partial charge in [0.15, 0.2) is 0 Å². The summed E-state index contributed by atoms with van der Waals surface area (Å²) in [5, 5.41) is 3.08. The van der Waals surface area contributed by atoms with E-state index in [0.717, 1.165) is 32.4 Å². The summed E-state index contributed by atoms with van der Waals surface area (Å²) >= 11 is 0. The molecule has 0 aliphatic carbocycles. The van der Waals surface area contributed by atoms with E-state index in [2.05, 4.69) is 12.2 Å². The lowest BCUT2D eigenvalue weighted by atomic mass is 10.0. The molecule has 0 aromatic heterocycles. The van der Waals surface area contributed by atoms with E-state index in [9.17, 15) is 9.69 Å². The van der Waals surface area contributed by atoms with Crippen molar-refractivity contribution in [3.8, 4) is 0 Å². The second-order valence-electron chi connectivity index (χ2n) is 9.27. The van der Waals surface area contributed by atoms with Crippen LogP contribution in [0, 0.1) is 5.92 Å². The molecule has 2 unspecified atom stereocenters.